The zero-order valence-corrected chi connectivity index (χ0v) is 18.3. The molecule has 0 unspecified atom stereocenters. The zero-order chi connectivity index (χ0) is 20.6. The first kappa shape index (κ1) is 19.8. The molecule has 2 N–H and O–H groups in total. The Labute approximate surface area is 181 Å². The van der Waals surface area contributed by atoms with Gasteiger partial charge >= 0.3 is 20.7 Å². The molecule has 0 aliphatic carbocycles. The summed E-state index contributed by atoms with van der Waals surface area (Å²) in [6, 6.07) is 13.6. The lowest BCUT2D eigenvalue weighted by Gasteiger charge is -2.00. The average Bonchev–Trinajstić information content (AvgIpc) is 3.29. The van der Waals surface area contributed by atoms with E-state index in [1.165, 1.54) is 0 Å². The normalized spacial score (nSPS) is 11.5. The Balaban J connectivity index is 1.67. The van der Waals surface area contributed by atoms with Crippen molar-refractivity contribution in [3.63, 3.8) is 0 Å². The van der Waals surface area contributed by atoms with E-state index in [-0.39, 0.29) is 5.13 Å². The van der Waals surface area contributed by atoms with E-state index in [4.69, 9.17) is 16.1 Å². The number of hydrogen-bond acceptors (Lipinski definition) is 6. The summed E-state index contributed by atoms with van der Waals surface area (Å²) in [6.45, 7) is 0. The average molecular weight is 515 g/mol. The fourth-order valence-corrected chi connectivity index (χ4v) is 4.98. The molecular weight excluding hydrogens is 504 g/mol. The number of rotatable bonds is 5. The number of H-pyrrole nitrogens is 1. The highest BCUT2D eigenvalue weighted by Crippen LogP contribution is 2.27. The number of nitrogens with one attached hydrogen (secondary N) is 2. The maximum Gasteiger partial charge on any atom is 0.449 e. The van der Waals surface area contributed by atoms with E-state index >= 15 is 0 Å². The van der Waals surface area contributed by atoms with Gasteiger partial charge in [-0.25, -0.2) is 14.5 Å². The van der Waals surface area contributed by atoms with Crippen molar-refractivity contribution >= 4 is 54.0 Å². The predicted octanol–water partition coefficient (Wildman–Crippen LogP) is 3.58. The Bertz CT molecular complexity index is 1330. The van der Waals surface area contributed by atoms with Crippen LogP contribution in [0, 0.1) is 0 Å². The number of thiazole rings is 1. The van der Waals surface area contributed by atoms with Crippen LogP contribution in [-0.2, 0) is 10.0 Å². The Hall–Kier alpha value is -2.47. The Morgan fingerprint density at radius 3 is 2.52 bits per heavy atom. The monoisotopic (exact) mass is 513 g/mol. The highest BCUT2D eigenvalue weighted by atomic mass is 79.9. The minimum atomic E-state index is -4.28. The van der Waals surface area contributed by atoms with E-state index in [2.05, 4.69) is 30.9 Å². The van der Waals surface area contributed by atoms with Crippen molar-refractivity contribution in [2.45, 2.75) is 5.03 Å². The van der Waals surface area contributed by atoms with Gasteiger partial charge in [-0.3, -0.25) is 4.52 Å². The number of halogens is 2. The molecule has 2 aromatic carbocycles. The van der Waals surface area contributed by atoms with Crippen molar-refractivity contribution in [2.75, 3.05) is 4.72 Å². The fourth-order valence-electron chi connectivity index (χ4n) is 2.49. The van der Waals surface area contributed by atoms with Crippen molar-refractivity contribution in [1.29, 1.82) is 0 Å². The molecular formula is C17H11BrClN4O4S2+. The number of aromatic amines is 1. The Kier molecular flexibility index (Phi) is 5.30. The topological polar surface area (TPSA) is 109 Å². The molecule has 0 bridgehead atoms. The Morgan fingerprint density at radius 1 is 1.14 bits per heavy atom. The lowest BCUT2D eigenvalue weighted by molar-refractivity contribution is -0.705. The van der Waals surface area contributed by atoms with E-state index in [0.717, 1.165) is 26.1 Å². The molecule has 148 valence electrons. The molecule has 0 fully saturated rings. The van der Waals surface area contributed by atoms with Gasteiger partial charge in [0.25, 0.3) is 0 Å². The number of sulfonamides is 1. The number of anilines is 1. The van der Waals surface area contributed by atoms with Crippen LogP contribution in [0.1, 0.15) is 0 Å². The molecule has 0 amide bonds. The van der Waals surface area contributed by atoms with Gasteiger partial charge in [-0.2, -0.15) is 8.42 Å². The largest absolute Gasteiger partial charge is 0.449 e. The van der Waals surface area contributed by atoms with Crippen LogP contribution >= 0.6 is 38.9 Å². The summed E-state index contributed by atoms with van der Waals surface area (Å²) < 4.78 is 34.7. The fraction of sp³-hybridized carbons (Fsp3) is 0. The summed E-state index contributed by atoms with van der Waals surface area (Å²) >= 11 is 10.3. The van der Waals surface area contributed by atoms with Crippen molar-refractivity contribution in [2.24, 2.45) is 0 Å². The standard InChI is InChI=1S/C17H10BrClN4O4S2/c18-11-3-1-10(2-4-11)14-9-28-17(20-14)21-29(25,26)15-16(24)27-22-23(15)13-7-5-12(19)6-8-13/h1-9H,(H-,20,21,22,24)/p+1. The molecule has 4 aromatic rings. The van der Waals surface area contributed by atoms with Crippen LogP contribution in [0.15, 0.2) is 72.7 Å². The van der Waals surface area contributed by atoms with Crippen LogP contribution in [0.3, 0.4) is 0 Å². The van der Waals surface area contributed by atoms with Gasteiger partial charge in [0.05, 0.1) is 5.69 Å². The van der Waals surface area contributed by atoms with Crippen molar-refractivity contribution in [3.8, 4) is 16.9 Å². The molecule has 0 saturated heterocycles. The van der Waals surface area contributed by atoms with E-state index in [9.17, 15) is 13.2 Å². The highest BCUT2D eigenvalue weighted by molar-refractivity contribution is 9.10. The molecule has 0 aliphatic heterocycles. The van der Waals surface area contributed by atoms with Crippen molar-refractivity contribution in [1.82, 2.24) is 10.3 Å². The Morgan fingerprint density at radius 2 is 1.83 bits per heavy atom. The van der Waals surface area contributed by atoms with Gasteiger partial charge in [-0.15, -0.1) is 11.3 Å². The summed E-state index contributed by atoms with van der Waals surface area (Å²) in [7, 11) is -4.28. The number of benzene rings is 2. The SMILES string of the molecule is O=c1o[nH][n+](-c2ccc(Cl)cc2)c1S(=O)(=O)Nc1nc(-c2ccc(Br)cc2)cs1. The van der Waals surface area contributed by atoms with E-state index < -0.39 is 20.7 Å². The van der Waals surface area contributed by atoms with Gasteiger partial charge in [0, 0.05) is 32.6 Å². The quantitative estimate of drug-likeness (QED) is 0.396. The van der Waals surface area contributed by atoms with Crippen LogP contribution in [0.5, 0.6) is 0 Å². The number of aromatic nitrogens is 3. The number of nitrogens with zero attached hydrogens (tertiary/aromatic N) is 2. The van der Waals surface area contributed by atoms with Gasteiger partial charge in [0.2, 0.25) is 5.69 Å². The molecule has 4 rings (SSSR count). The molecule has 2 heterocycles. The summed E-state index contributed by atoms with van der Waals surface area (Å²) in [6.07, 6.45) is 0. The summed E-state index contributed by atoms with van der Waals surface area (Å²) in [4.78, 5) is 16.4. The van der Waals surface area contributed by atoms with Crippen molar-refractivity contribution in [3.05, 3.63) is 73.8 Å². The van der Waals surface area contributed by atoms with Gasteiger partial charge in [-0.1, -0.05) is 39.7 Å². The van der Waals surface area contributed by atoms with Crippen LogP contribution in [0.4, 0.5) is 5.13 Å². The van der Waals surface area contributed by atoms with Crippen molar-refractivity contribution < 1.29 is 17.6 Å². The molecule has 29 heavy (non-hydrogen) atoms. The first-order valence-electron chi connectivity index (χ1n) is 7.97. The third-order valence-corrected chi connectivity index (χ3v) is 6.80. The second kappa shape index (κ2) is 7.75. The summed E-state index contributed by atoms with van der Waals surface area (Å²) in [5, 5.41) is 3.97. The summed E-state index contributed by atoms with van der Waals surface area (Å²) in [5.41, 5.74) is 0.742. The van der Waals surface area contributed by atoms with Gasteiger partial charge < -0.3 is 0 Å². The molecule has 0 spiro atoms. The third-order valence-electron chi connectivity index (χ3n) is 3.81. The van der Waals surface area contributed by atoms with Crippen LogP contribution < -0.4 is 15.0 Å². The van der Waals surface area contributed by atoms with E-state index in [0.29, 0.717) is 16.4 Å². The first-order chi connectivity index (χ1) is 13.8. The lowest BCUT2D eigenvalue weighted by atomic mass is 10.2. The van der Waals surface area contributed by atoms with Crippen LogP contribution in [0.25, 0.3) is 16.9 Å². The highest BCUT2D eigenvalue weighted by Gasteiger charge is 2.37. The number of hydrogen-bond donors (Lipinski definition) is 2. The third kappa shape index (κ3) is 4.13. The van der Waals surface area contributed by atoms with E-state index in [1.54, 1.807) is 29.6 Å². The second-order valence-electron chi connectivity index (χ2n) is 5.75. The molecule has 8 nitrogen and oxygen atoms in total. The van der Waals surface area contributed by atoms with E-state index in [1.807, 2.05) is 24.3 Å². The maximum absolute atomic E-state index is 12.9. The molecule has 0 atom stereocenters. The molecule has 0 radical (unpaired) electrons. The molecule has 0 saturated carbocycles. The predicted molar refractivity (Wildman–Crippen MR) is 112 cm³/mol. The van der Waals surface area contributed by atoms with Crippen LogP contribution in [-0.4, -0.2) is 18.7 Å². The zero-order valence-electron chi connectivity index (χ0n) is 14.3. The van der Waals surface area contributed by atoms with Gasteiger partial charge in [0.1, 0.15) is 0 Å². The maximum atomic E-state index is 12.9. The second-order valence-corrected chi connectivity index (χ2v) is 9.56. The molecule has 2 aromatic heterocycles. The first-order valence-corrected chi connectivity index (χ1v) is 11.5. The van der Waals surface area contributed by atoms with Crippen LogP contribution in [0.2, 0.25) is 5.02 Å². The van der Waals surface area contributed by atoms with Gasteiger partial charge in [-0.05, 0) is 34.2 Å². The molecule has 0 aliphatic rings. The molecule has 12 heteroatoms. The smallest absolute Gasteiger partial charge is 0.281 e. The summed E-state index contributed by atoms with van der Waals surface area (Å²) in [5.74, 6) is 0. The minimum absolute atomic E-state index is 0.117. The minimum Gasteiger partial charge on any atom is -0.281 e. The lowest BCUT2D eigenvalue weighted by Crippen LogP contribution is -2.42. The van der Waals surface area contributed by atoms with Gasteiger partial charge in [0.15, 0.2) is 5.13 Å².